The van der Waals surface area contributed by atoms with Crippen molar-refractivity contribution in [2.75, 3.05) is 6.26 Å². The van der Waals surface area contributed by atoms with Crippen LogP contribution in [0.3, 0.4) is 0 Å². The van der Waals surface area contributed by atoms with Gasteiger partial charge in [-0.2, -0.15) is 0 Å². The average Bonchev–Trinajstić information content (AvgIpc) is 2.70. The van der Waals surface area contributed by atoms with Gasteiger partial charge in [-0.25, -0.2) is 0 Å². The number of hydrogen-bond donors (Lipinski definition) is 1. The second-order valence-corrected chi connectivity index (χ2v) is 8.89. The SMILES string of the molecule is CC.CC1(C)C2CC(O)C(C2)C1(C)C.CSI. The molecule has 0 aliphatic heterocycles. The molecule has 2 saturated carbocycles. The standard InChI is InChI=1S/C11H20O.C2H6.CH3IS/c1-10(2)7-5-8(9(12)6-7)11(10,3)4;1-2;1-3-2/h7-9,12H,5-6H2,1-4H3;1-2H3;1H3. The zero-order valence-corrected chi connectivity index (χ0v) is 15.4. The maximum absolute atomic E-state index is 9.79. The van der Waals surface area contributed by atoms with Crippen LogP contribution in [0.15, 0.2) is 0 Å². The van der Waals surface area contributed by atoms with Crippen molar-refractivity contribution in [2.24, 2.45) is 22.7 Å². The zero-order valence-electron chi connectivity index (χ0n) is 12.4. The summed E-state index contributed by atoms with van der Waals surface area (Å²) in [7, 11) is 1.72. The fourth-order valence-electron chi connectivity index (χ4n) is 3.38. The summed E-state index contributed by atoms with van der Waals surface area (Å²) in [5.41, 5.74) is 0.756. The Labute approximate surface area is 124 Å². The van der Waals surface area contributed by atoms with Gasteiger partial charge >= 0.3 is 0 Å². The van der Waals surface area contributed by atoms with Crippen molar-refractivity contribution in [3.8, 4) is 0 Å². The number of aliphatic hydroxyl groups excluding tert-OH is 1. The Morgan fingerprint density at radius 1 is 1.06 bits per heavy atom. The minimum absolute atomic E-state index is 0.0157. The Bertz CT molecular complexity index is 228. The van der Waals surface area contributed by atoms with E-state index in [1.165, 1.54) is 6.42 Å². The fraction of sp³-hybridized carbons (Fsp3) is 1.00. The molecule has 0 spiro atoms. The third kappa shape index (κ3) is 3.33. The highest BCUT2D eigenvalue weighted by molar-refractivity contribution is 14.2. The molecule has 0 amide bonds. The highest BCUT2D eigenvalue weighted by Crippen LogP contribution is 2.65. The van der Waals surface area contributed by atoms with Crippen molar-refractivity contribution in [1.82, 2.24) is 0 Å². The molecular weight excluding hydrogens is 343 g/mol. The lowest BCUT2D eigenvalue weighted by molar-refractivity contribution is -0.0385. The van der Waals surface area contributed by atoms with Crippen LogP contribution in [0.2, 0.25) is 0 Å². The van der Waals surface area contributed by atoms with E-state index in [1.807, 2.05) is 20.1 Å². The molecule has 0 aromatic rings. The van der Waals surface area contributed by atoms with E-state index in [2.05, 4.69) is 48.9 Å². The van der Waals surface area contributed by atoms with Crippen molar-refractivity contribution >= 4 is 30.1 Å². The van der Waals surface area contributed by atoms with Gasteiger partial charge in [0.1, 0.15) is 0 Å². The molecule has 17 heavy (non-hydrogen) atoms. The van der Waals surface area contributed by atoms with Gasteiger partial charge in [0.15, 0.2) is 0 Å². The number of hydrogen-bond acceptors (Lipinski definition) is 2. The van der Waals surface area contributed by atoms with E-state index in [1.54, 1.807) is 8.93 Å². The monoisotopic (exact) mass is 372 g/mol. The van der Waals surface area contributed by atoms with Gasteiger partial charge in [0, 0.05) is 0 Å². The summed E-state index contributed by atoms with van der Waals surface area (Å²) in [5, 5.41) is 9.79. The lowest BCUT2D eigenvalue weighted by Gasteiger charge is -2.47. The number of fused-ring (bicyclic) bond motifs is 2. The molecule has 3 unspecified atom stereocenters. The number of rotatable bonds is 0. The van der Waals surface area contributed by atoms with Crippen LogP contribution in [0.4, 0.5) is 0 Å². The van der Waals surface area contributed by atoms with Gasteiger partial charge < -0.3 is 5.11 Å². The molecule has 2 aliphatic carbocycles. The lowest BCUT2D eigenvalue weighted by atomic mass is 9.59. The summed E-state index contributed by atoms with van der Waals surface area (Å²) >= 11 is 2.20. The molecule has 3 atom stereocenters. The van der Waals surface area contributed by atoms with Crippen LogP contribution in [-0.2, 0) is 0 Å². The van der Waals surface area contributed by atoms with Gasteiger partial charge in [0.05, 0.1) is 6.10 Å². The molecule has 0 heterocycles. The Hall–Kier alpha value is 1.04. The smallest absolute Gasteiger partial charge is 0.0576 e. The maximum Gasteiger partial charge on any atom is 0.0576 e. The first-order valence-corrected chi connectivity index (χ1v) is 10.4. The quantitative estimate of drug-likeness (QED) is 0.593. The molecule has 3 heteroatoms. The van der Waals surface area contributed by atoms with Crippen molar-refractivity contribution < 1.29 is 5.11 Å². The molecule has 0 radical (unpaired) electrons. The van der Waals surface area contributed by atoms with Gasteiger partial charge in [0.2, 0.25) is 0 Å². The highest BCUT2D eigenvalue weighted by atomic mass is 127. The molecule has 0 aromatic heterocycles. The molecule has 104 valence electrons. The predicted octanol–water partition coefficient (Wildman–Crippen LogP) is 5.17. The predicted molar refractivity (Wildman–Crippen MR) is 88.7 cm³/mol. The maximum atomic E-state index is 9.79. The van der Waals surface area contributed by atoms with Gasteiger partial charge in [-0.05, 0) is 63.0 Å². The second-order valence-electron chi connectivity index (χ2n) is 5.94. The van der Waals surface area contributed by atoms with Crippen LogP contribution < -0.4 is 0 Å². The first-order chi connectivity index (χ1) is 7.79. The topological polar surface area (TPSA) is 20.2 Å². The summed E-state index contributed by atoms with van der Waals surface area (Å²) in [6.07, 6.45) is 4.31. The Balaban J connectivity index is 0.000000450. The zero-order chi connectivity index (χ0) is 13.9. The summed E-state index contributed by atoms with van der Waals surface area (Å²) in [6, 6.07) is 0. The summed E-state index contributed by atoms with van der Waals surface area (Å²) in [6.45, 7) is 13.4. The molecule has 2 rings (SSSR count). The van der Waals surface area contributed by atoms with E-state index in [-0.39, 0.29) is 6.10 Å². The average molecular weight is 372 g/mol. The van der Waals surface area contributed by atoms with E-state index >= 15 is 0 Å². The van der Waals surface area contributed by atoms with E-state index in [0.717, 1.165) is 12.3 Å². The number of halogens is 1. The first-order valence-electron chi connectivity index (χ1n) is 6.61. The van der Waals surface area contributed by atoms with Crippen LogP contribution in [0, 0.1) is 22.7 Å². The van der Waals surface area contributed by atoms with Crippen molar-refractivity contribution in [1.29, 1.82) is 0 Å². The minimum Gasteiger partial charge on any atom is -0.393 e. The lowest BCUT2D eigenvalue weighted by Crippen LogP contribution is -2.43. The van der Waals surface area contributed by atoms with Gasteiger partial charge in [0.25, 0.3) is 0 Å². The van der Waals surface area contributed by atoms with E-state index in [9.17, 15) is 5.11 Å². The molecule has 1 nitrogen and oxygen atoms in total. The van der Waals surface area contributed by atoms with E-state index in [0.29, 0.717) is 16.7 Å². The molecule has 1 N–H and O–H groups in total. The van der Waals surface area contributed by atoms with Crippen LogP contribution in [-0.4, -0.2) is 17.5 Å². The second kappa shape index (κ2) is 6.99. The van der Waals surface area contributed by atoms with Crippen LogP contribution >= 0.6 is 30.1 Å². The summed E-state index contributed by atoms with van der Waals surface area (Å²) in [5.74, 6) is 1.31. The van der Waals surface area contributed by atoms with Crippen LogP contribution in [0.25, 0.3) is 0 Å². The molecule has 0 saturated heterocycles. The minimum atomic E-state index is -0.0157. The van der Waals surface area contributed by atoms with Crippen LogP contribution in [0.5, 0.6) is 0 Å². The summed E-state index contributed by atoms with van der Waals surface area (Å²) in [4.78, 5) is 0. The van der Waals surface area contributed by atoms with Crippen molar-refractivity contribution in [3.05, 3.63) is 0 Å². The van der Waals surface area contributed by atoms with Crippen molar-refractivity contribution in [2.45, 2.75) is 60.5 Å². The number of aliphatic hydroxyl groups is 1. The Morgan fingerprint density at radius 3 is 1.71 bits per heavy atom. The third-order valence-corrected chi connectivity index (χ3v) is 5.14. The van der Waals surface area contributed by atoms with Gasteiger partial charge in [-0.15, -0.1) is 0 Å². The van der Waals surface area contributed by atoms with Crippen molar-refractivity contribution in [3.63, 3.8) is 0 Å². The molecule has 2 fully saturated rings. The fourth-order valence-corrected chi connectivity index (χ4v) is 3.38. The third-order valence-electron chi connectivity index (χ3n) is 5.14. The van der Waals surface area contributed by atoms with Gasteiger partial charge in [-0.1, -0.05) is 50.5 Å². The molecule has 0 aromatic carbocycles. The highest BCUT2D eigenvalue weighted by Gasteiger charge is 2.60. The molecule has 2 bridgehead atoms. The Kier molecular flexibility index (Phi) is 7.42. The van der Waals surface area contributed by atoms with E-state index in [4.69, 9.17) is 0 Å². The normalized spacial score (nSPS) is 35.5. The molecule has 2 aliphatic rings. The molecular formula is C14H29IOS. The van der Waals surface area contributed by atoms with E-state index < -0.39 is 0 Å². The Morgan fingerprint density at radius 2 is 1.47 bits per heavy atom. The summed E-state index contributed by atoms with van der Waals surface area (Å²) < 4.78 is 0. The first kappa shape index (κ1) is 18.0. The van der Waals surface area contributed by atoms with Crippen LogP contribution in [0.1, 0.15) is 54.4 Å². The largest absolute Gasteiger partial charge is 0.393 e. The van der Waals surface area contributed by atoms with Gasteiger partial charge in [-0.3, -0.25) is 0 Å².